The van der Waals surface area contributed by atoms with E-state index in [0.717, 1.165) is 29.7 Å². The molecule has 35 heavy (non-hydrogen) atoms. The Kier molecular flexibility index (Phi) is 5.73. The van der Waals surface area contributed by atoms with Crippen LogP contribution in [0.15, 0.2) is 38.4 Å². The van der Waals surface area contributed by atoms with Crippen LogP contribution in [0.4, 0.5) is 0 Å². The Morgan fingerprint density at radius 2 is 1.91 bits per heavy atom. The lowest BCUT2D eigenvalue weighted by Crippen LogP contribution is -2.42. The predicted molar refractivity (Wildman–Crippen MR) is 125 cm³/mol. The van der Waals surface area contributed by atoms with Crippen LogP contribution in [-0.2, 0) is 21.4 Å². The Balaban J connectivity index is 1.04. The lowest BCUT2D eigenvalue weighted by molar-refractivity contribution is -0.126. The van der Waals surface area contributed by atoms with Crippen LogP contribution in [0.5, 0.6) is 11.5 Å². The van der Waals surface area contributed by atoms with Crippen LogP contribution in [0.3, 0.4) is 0 Å². The fourth-order valence-electron chi connectivity index (χ4n) is 4.29. The summed E-state index contributed by atoms with van der Waals surface area (Å²) in [5.41, 5.74) is 1.56. The largest absolute Gasteiger partial charge is 0.454 e. The van der Waals surface area contributed by atoms with E-state index in [4.69, 9.17) is 14.0 Å². The molecule has 1 saturated carbocycles. The van der Waals surface area contributed by atoms with E-state index in [0.29, 0.717) is 67.2 Å². The van der Waals surface area contributed by atoms with E-state index >= 15 is 0 Å². The molecule has 12 heteroatoms. The van der Waals surface area contributed by atoms with E-state index in [9.17, 15) is 13.2 Å². The number of fused-ring (bicyclic) bond motifs is 1. The predicted octanol–water partition coefficient (Wildman–Crippen LogP) is 3.12. The lowest BCUT2D eigenvalue weighted by atomic mass is 9.97. The van der Waals surface area contributed by atoms with Gasteiger partial charge in [-0.05, 0) is 49.4 Å². The number of hydrogen-bond donors (Lipinski definition) is 1. The molecule has 0 bridgehead atoms. The SMILES string of the molecule is O=C(NCc1ccc2c(c1)OCO2)C1CCN(S(=O)(=O)c2cc(-c3noc(C4CC4)n3)cs2)CC1. The Labute approximate surface area is 206 Å². The summed E-state index contributed by atoms with van der Waals surface area (Å²) >= 11 is 1.15. The van der Waals surface area contributed by atoms with Crippen molar-refractivity contribution in [3.05, 3.63) is 41.1 Å². The standard InChI is InChI=1S/C23H24N4O6S2/c28-22(24-11-14-1-4-18-19(9-14)32-13-31-18)15-5-7-27(8-6-15)35(29,30)20-10-17(12-34-20)21-25-23(33-26-21)16-2-3-16/h1,4,9-10,12,15-16H,2-3,5-8,11,13H2,(H,24,28). The summed E-state index contributed by atoms with van der Waals surface area (Å²) in [6, 6.07) is 7.17. The van der Waals surface area contributed by atoms with Gasteiger partial charge in [0.25, 0.3) is 10.0 Å². The van der Waals surface area contributed by atoms with Gasteiger partial charge >= 0.3 is 0 Å². The minimum Gasteiger partial charge on any atom is -0.454 e. The molecule has 2 fully saturated rings. The van der Waals surface area contributed by atoms with Gasteiger partial charge in [-0.1, -0.05) is 11.2 Å². The van der Waals surface area contributed by atoms with Crippen molar-refractivity contribution in [2.45, 2.75) is 42.4 Å². The van der Waals surface area contributed by atoms with E-state index in [1.165, 1.54) is 4.31 Å². The summed E-state index contributed by atoms with van der Waals surface area (Å²) in [6.45, 7) is 1.18. The van der Waals surface area contributed by atoms with Gasteiger partial charge < -0.3 is 19.3 Å². The van der Waals surface area contributed by atoms with Gasteiger partial charge in [-0.25, -0.2) is 8.42 Å². The van der Waals surface area contributed by atoms with Crippen molar-refractivity contribution < 1.29 is 27.2 Å². The molecule has 6 rings (SSSR count). The van der Waals surface area contributed by atoms with Gasteiger partial charge in [-0.3, -0.25) is 4.79 Å². The number of aromatic nitrogens is 2. The van der Waals surface area contributed by atoms with Gasteiger partial charge in [0, 0.05) is 42.4 Å². The molecule has 0 spiro atoms. The second-order valence-corrected chi connectivity index (χ2v) is 12.0. The molecular weight excluding hydrogens is 492 g/mol. The quantitative estimate of drug-likeness (QED) is 0.508. The van der Waals surface area contributed by atoms with Crippen molar-refractivity contribution >= 4 is 27.3 Å². The second kappa shape index (κ2) is 8.92. The highest BCUT2D eigenvalue weighted by Gasteiger charge is 2.34. The fraction of sp³-hybridized carbons (Fsp3) is 0.435. The topological polar surface area (TPSA) is 124 Å². The van der Waals surface area contributed by atoms with Crippen molar-refractivity contribution in [3.63, 3.8) is 0 Å². The van der Waals surface area contributed by atoms with Gasteiger partial charge in [0.05, 0.1) is 0 Å². The summed E-state index contributed by atoms with van der Waals surface area (Å²) in [6.07, 6.45) is 3.05. The van der Waals surface area contributed by atoms with Gasteiger partial charge in [-0.2, -0.15) is 9.29 Å². The Hall–Kier alpha value is -2.96. The maximum atomic E-state index is 13.2. The maximum Gasteiger partial charge on any atom is 0.252 e. The van der Waals surface area contributed by atoms with Crippen LogP contribution in [0.1, 0.15) is 43.1 Å². The molecule has 1 amide bonds. The molecule has 1 saturated heterocycles. The van der Waals surface area contributed by atoms with Gasteiger partial charge in [-0.15, -0.1) is 11.3 Å². The summed E-state index contributed by atoms with van der Waals surface area (Å²) in [5.74, 6) is 2.46. The third kappa shape index (κ3) is 4.53. The molecule has 184 valence electrons. The minimum atomic E-state index is -3.65. The first-order valence-electron chi connectivity index (χ1n) is 11.6. The Morgan fingerprint density at radius 1 is 1.11 bits per heavy atom. The highest BCUT2D eigenvalue weighted by Crippen LogP contribution is 2.40. The van der Waals surface area contributed by atoms with Crippen molar-refractivity contribution in [2.75, 3.05) is 19.9 Å². The second-order valence-electron chi connectivity index (χ2n) is 8.97. The van der Waals surface area contributed by atoms with Crippen LogP contribution in [0.25, 0.3) is 11.4 Å². The number of carbonyl (C=O) groups is 1. The van der Waals surface area contributed by atoms with E-state index < -0.39 is 10.0 Å². The van der Waals surface area contributed by atoms with Crippen LogP contribution in [0, 0.1) is 5.92 Å². The normalized spacial score (nSPS) is 18.6. The molecule has 2 aromatic heterocycles. The number of piperidine rings is 1. The Morgan fingerprint density at radius 3 is 2.71 bits per heavy atom. The van der Waals surface area contributed by atoms with Crippen molar-refractivity contribution in [1.29, 1.82) is 0 Å². The first kappa shape index (κ1) is 22.5. The van der Waals surface area contributed by atoms with E-state index in [1.807, 2.05) is 18.2 Å². The number of nitrogens with one attached hydrogen (secondary N) is 1. The summed E-state index contributed by atoms with van der Waals surface area (Å²) in [4.78, 5) is 17.1. The third-order valence-electron chi connectivity index (χ3n) is 6.52. The molecular formula is C23H24N4O6S2. The highest BCUT2D eigenvalue weighted by atomic mass is 32.2. The molecule has 2 aliphatic heterocycles. The number of hydrogen-bond acceptors (Lipinski definition) is 9. The van der Waals surface area contributed by atoms with Crippen molar-refractivity contribution in [3.8, 4) is 22.9 Å². The molecule has 0 atom stereocenters. The number of amides is 1. The number of benzene rings is 1. The van der Waals surface area contributed by atoms with E-state index in [2.05, 4.69) is 15.5 Å². The average molecular weight is 517 g/mol. The van der Waals surface area contributed by atoms with E-state index in [1.54, 1.807) is 11.4 Å². The average Bonchev–Trinajstić information content (AvgIpc) is 3.27. The molecule has 3 aromatic rings. The number of thiophene rings is 1. The molecule has 1 N–H and O–H groups in total. The highest BCUT2D eigenvalue weighted by molar-refractivity contribution is 7.91. The summed E-state index contributed by atoms with van der Waals surface area (Å²) in [7, 11) is -3.65. The molecule has 0 radical (unpaired) electrons. The molecule has 10 nitrogen and oxygen atoms in total. The Bertz CT molecular complexity index is 1360. The summed E-state index contributed by atoms with van der Waals surface area (Å²) < 4.78 is 44.0. The maximum absolute atomic E-state index is 13.2. The van der Waals surface area contributed by atoms with Gasteiger partial charge in [0.2, 0.25) is 24.4 Å². The van der Waals surface area contributed by atoms with Gasteiger partial charge in [0.1, 0.15) is 4.21 Å². The minimum absolute atomic E-state index is 0.0679. The van der Waals surface area contributed by atoms with E-state index in [-0.39, 0.29) is 22.8 Å². The van der Waals surface area contributed by atoms with Crippen LogP contribution < -0.4 is 14.8 Å². The first-order chi connectivity index (χ1) is 17.0. The number of rotatable bonds is 7. The number of nitrogens with zero attached hydrogens (tertiary/aromatic N) is 3. The van der Waals surface area contributed by atoms with Crippen molar-refractivity contribution in [1.82, 2.24) is 19.8 Å². The van der Waals surface area contributed by atoms with Crippen LogP contribution in [0.2, 0.25) is 0 Å². The van der Waals surface area contributed by atoms with Gasteiger partial charge in [0.15, 0.2) is 11.5 Å². The number of carbonyl (C=O) groups excluding carboxylic acids is 1. The first-order valence-corrected chi connectivity index (χ1v) is 13.9. The number of sulfonamides is 1. The zero-order valence-electron chi connectivity index (χ0n) is 18.8. The smallest absolute Gasteiger partial charge is 0.252 e. The molecule has 4 heterocycles. The number of ether oxygens (including phenoxy) is 2. The molecule has 1 aromatic carbocycles. The van der Waals surface area contributed by atoms with Crippen LogP contribution >= 0.6 is 11.3 Å². The lowest BCUT2D eigenvalue weighted by Gasteiger charge is -2.30. The van der Waals surface area contributed by atoms with Crippen molar-refractivity contribution in [2.24, 2.45) is 5.92 Å². The zero-order chi connectivity index (χ0) is 24.0. The van der Waals surface area contributed by atoms with Crippen LogP contribution in [-0.4, -0.2) is 48.7 Å². The molecule has 3 aliphatic rings. The molecule has 0 unspecified atom stereocenters. The third-order valence-corrected chi connectivity index (χ3v) is 9.84. The zero-order valence-corrected chi connectivity index (χ0v) is 20.4. The summed E-state index contributed by atoms with van der Waals surface area (Å²) in [5, 5.41) is 8.69. The monoisotopic (exact) mass is 516 g/mol. The molecule has 1 aliphatic carbocycles. The fourth-order valence-corrected chi connectivity index (χ4v) is 7.07.